The highest BCUT2D eigenvalue weighted by Crippen LogP contribution is 2.22. The quantitative estimate of drug-likeness (QED) is 0.863. The average Bonchev–Trinajstić information content (AvgIpc) is 2.55. The van der Waals surface area contributed by atoms with Crippen molar-refractivity contribution < 1.29 is 4.79 Å². The zero-order valence-corrected chi connectivity index (χ0v) is 13.9. The van der Waals surface area contributed by atoms with Gasteiger partial charge in [0.1, 0.15) is 0 Å². The highest BCUT2D eigenvalue weighted by molar-refractivity contribution is 9.10. The SMILES string of the molecule is CCc1nn(C)c(CN(C)CC(=O)NC(C)C)c1Br. The third-order valence-electron chi connectivity index (χ3n) is 2.79. The van der Waals surface area contributed by atoms with Gasteiger partial charge in [0.15, 0.2) is 0 Å². The second-order valence-corrected chi connectivity index (χ2v) is 5.87. The normalized spacial score (nSPS) is 11.4. The molecule has 0 aliphatic carbocycles. The molecule has 0 saturated carbocycles. The molecule has 0 aliphatic rings. The van der Waals surface area contributed by atoms with Crippen molar-refractivity contribution in [1.29, 1.82) is 0 Å². The first kappa shape index (κ1) is 16.2. The van der Waals surface area contributed by atoms with Crippen molar-refractivity contribution in [2.75, 3.05) is 13.6 Å². The molecular formula is C13H23BrN4O. The number of halogens is 1. The van der Waals surface area contributed by atoms with Crippen molar-refractivity contribution in [2.24, 2.45) is 7.05 Å². The summed E-state index contributed by atoms with van der Waals surface area (Å²) in [5.74, 6) is 0.0477. The fourth-order valence-corrected chi connectivity index (χ4v) is 2.66. The average molecular weight is 331 g/mol. The van der Waals surface area contributed by atoms with Gasteiger partial charge in [0.2, 0.25) is 5.91 Å². The largest absolute Gasteiger partial charge is 0.353 e. The molecule has 1 rings (SSSR count). The molecule has 5 nitrogen and oxygen atoms in total. The molecule has 0 aliphatic heterocycles. The fraction of sp³-hybridized carbons (Fsp3) is 0.692. The molecule has 0 spiro atoms. The zero-order valence-electron chi connectivity index (χ0n) is 12.3. The molecule has 19 heavy (non-hydrogen) atoms. The van der Waals surface area contributed by atoms with E-state index in [4.69, 9.17) is 0 Å². The van der Waals surface area contributed by atoms with Crippen molar-refractivity contribution in [3.63, 3.8) is 0 Å². The molecular weight excluding hydrogens is 308 g/mol. The minimum atomic E-state index is 0.0477. The van der Waals surface area contributed by atoms with E-state index in [0.29, 0.717) is 13.1 Å². The molecule has 0 saturated heterocycles. The summed E-state index contributed by atoms with van der Waals surface area (Å²) in [4.78, 5) is 13.7. The molecule has 1 aromatic heterocycles. The van der Waals surface area contributed by atoms with E-state index in [1.807, 2.05) is 37.5 Å². The molecule has 1 aromatic rings. The van der Waals surface area contributed by atoms with E-state index in [0.717, 1.165) is 22.3 Å². The lowest BCUT2D eigenvalue weighted by Gasteiger charge is -2.17. The highest BCUT2D eigenvalue weighted by Gasteiger charge is 2.15. The van der Waals surface area contributed by atoms with E-state index < -0.39 is 0 Å². The second-order valence-electron chi connectivity index (χ2n) is 5.08. The molecule has 1 N–H and O–H groups in total. The van der Waals surface area contributed by atoms with Crippen molar-refractivity contribution in [3.05, 3.63) is 15.9 Å². The van der Waals surface area contributed by atoms with Crippen molar-refractivity contribution >= 4 is 21.8 Å². The van der Waals surface area contributed by atoms with Gasteiger partial charge in [0.25, 0.3) is 0 Å². The van der Waals surface area contributed by atoms with E-state index in [-0.39, 0.29) is 11.9 Å². The van der Waals surface area contributed by atoms with Crippen LogP contribution in [0.3, 0.4) is 0 Å². The first-order valence-electron chi connectivity index (χ1n) is 6.53. The van der Waals surface area contributed by atoms with E-state index >= 15 is 0 Å². The monoisotopic (exact) mass is 330 g/mol. The van der Waals surface area contributed by atoms with Gasteiger partial charge < -0.3 is 5.32 Å². The molecule has 1 heterocycles. The summed E-state index contributed by atoms with van der Waals surface area (Å²) in [5, 5.41) is 7.34. The van der Waals surface area contributed by atoms with Crippen LogP contribution in [0.1, 0.15) is 32.2 Å². The minimum absolute atomic E-state index is 0.0477. The van der Waals surface area contributed by atoms with E-state index in [1.54, 1.807) is 0 Å². The van der Waals surface area contributed by atoms with Gasteiger partial charge in [-0.3, -0.25) is 14.4 Å². The summed E-state index contributed by atoms with van der Waals surface area (Å²) in [5.41, 5.74) is 2.15. The Morgan fingerprint density at radius 3 is 2.63 bits per heavy atom. The number of hydrogen-bond acceptors (Lipinski definition) is 3. The van der Waals surface area contributed by atoms with E-state index in [2.05, 4.69) is 33.3 Å². The maximum atomic E-state index is 11.7. The maximum Gasteiger partial charge on any atom is 0.234 e. The van der Waals surface area contributed by atoms with Crippen LogP contribution in [0.4, 0.5) is 0 Å². The summed E-state index contributed by atoms with van der Waals surface area (Å²) < 4.78 is 2.92. The fourth-order valence-electron chi connectivity index (χ4n) is 1.92. The van der Waals surface area contributed by atoms with Gasteiger partial charge in [0, 0.05) is 19.6 Å². The third kappa shape index (κ3) is 4.62. The number of carbonyl (C=O) groups excluding carboxylic acids is 1. The van der Waals surface area contributed by atoms with Crippen LogP contribution in [0.15, 0.2) is 4.47 Å². The van der Waals surface area contributed by atoms with Gasteiger partial charge in [-0.1, -0.05) is 6.92 Å². The number of likely N-dealkylation sites (N-methyl/N-ethyl adjacent to an activating group) is 1. The molecule has 108 valence electrons. The number of nitrogens with zero attached hydrogens (tertiary/aromatic N) is 3. The van der Waals surface area contributed by atoms with Crippen molar-refractivity contribution in [2.45, 2.75) is 39.8 Å². The maximum absolute atomic E-state index is 11.7. The van der Waals surface area contributed by atoms with Gasteiger partial charge in [-0.2, -0.15) is 5.10 Å². The third-order valence-corrected chi connectivity index (χ3v) is 3.70. The smallest absolute Gasteiger partial charge is 0.234 e. The number of nitrogens with one attached hydrogen (secondary N) is 1. The van der Waals surface area contributed by atoms with Crippen LogP contribution in [0, 0.1) is 0 Å². The lowest BCUT2D eigenvalue weighted by molar-refractivity contribution is -0.122. The lowest BCUT2D eigenvalue weighted by Crippen LogP contribution is -2.38. The van der Waals surface area contributed by atoms with Gasteiger partial charge in [0.05, 0.1) is 22.4 Å². The predicted molar refractivity (Wildman–Crippen MR) is 79.9 cm³/mol. The summed E-state index contributed by atoms with van der Waals surface area (Å²) in [6.07, 6.45) is 0.895. The Morgan fingerprint density at radius 1 is 1.53 bits per heavy atom. The topological polar surface area (TPSA) is 50.2 Å². The number of carbonyl (C=O) groups is 1. The van der Waals surface area contributed by atoms with Crippen LogP contribution in [0.25, 0.3) is 0 Å². The Morgan fingerprint density at radius 2 is 2.16 bits per heavy atom. The van der Waals surface area contributed by atoms with Crippen molar-refractivity contribution in [1.82, 2.24) is 20.0 Å². The zero-order chi connectivity index (χ0) is 14.6. The number of amides is 1. The van der Waals surface area contributed by atoms with Gasteiger partial charge in [-0.25, -0.2) is 0 Å². The molecule has 0 bridgehead atoms. The Bertz CT molecular complexity index is 442. The van der Waals surface area contributed by atoms with Crippen LogP contribution in [-0.2, 0) is 24.8 Å². The first-order valence-corrected chi connectivity index (χ1v) is 7.32. The predicted octanol–water partition coefficient (Wildman–Crippen LogP) is 1.70. The first-order chi connectivity index (χ1) is 8.85. The molecule has 0 unspecified atom stereocenters. The van der Waals surface area contributed by atoms with Crippen LogP contribution in [0.5, 0.6) is 0 Å². The Labute approximate surface area is 123 Å². The molecule has 1 amide bonds. The van der Waals surface area contributed by atoms with Gasteiger partial charge in [-0.05, 0) is 43.2 Å². The van der Waals surface area contributed by atoms with Crippen LogP contribution < -0.4 is 5.32 Å². The molecule has 0 fully saturated rings. The van der Waals surface area contributed by atoms with E-state index in [9.17, 15) is 4.79 Å². The summed E-state index contributed by atoms with van der Waals surface area (Å²) >= 11 is 3.59. The molecule has 0 aromatic carbocycles. The number of rotatable bonds is 6. The minimum Gasteiger partial charge on any atom is -0.353 e. The second kappa shape index (κ2) is 7.05. The van der Waals surface area contributed by atoms with E-state index in [1.165, 1.54) is 0 Å². The number of aromatic nitrogens is 2. The molecule has 6 heteroatoms. The highest BCUT2D eigenvalue weighted by atomic mass is 79.9. The summed E-state index contributed by atoms with van der Waals surface area (Å²) in [6, 6.07) is 0.177. The van der Waals surface area contributed by atoms with Crippen LogP contribution in [-0.4, -0.2) is 40.2 Å². The molecule has 0 radical (unpaired) electrons. The van der Waals surface area contributed by atoms with Gasteiger partial charge in [-0.15, -0.1) is 0 Å². The Hall–Kier alpha value is -0.880. The lowest BCUT2D eigenvalue weighted by atomic mass is 10.3. The Balaban J connectivity index is 2.64. The van der Waals surface area contributed by atoms with Crippen LogP contribution >= 0.6 is 15.9 Å². The summed E-state index contributed by atoms with van der Waals surface area (Å²) in [7, 11) is 3.87. The van der Waals surface area contributed by atoms with Crippen LogP contribution in [0.2, 0.25) is 0 Å². The number of aryl methyl sites for hydroxylation is 2. The number of hydrogen-bond donors (Lipinski definition) is 1. The Kier molecular flexibility index (Phi) is 6.00. The molecule has 0 atom stereocenters. The van der Waals surface area contributed by atoms with Crippen molar-refractivity contribution in [3.8, 4) is 0 Å². The van der Waals surface area contributed by atoms with Gasteiger partial charge >= 0.3 is 0 Å². The standard InChI is InChI=1S/C13H23BrN4O/c1-6-10-13(14)11(18(5)16-10)7-17(4)8-12(19)15-9(2)3/h9H,6-8H2,1-5H3,(H,15,19). The summed E-state index contributed by atoms with van der Waals surface area (Å²) in [6.45, 7) is 7.08.